The van der Waals surface area contributed by atoms with E-state index in [9.17, 15) is 14.4 Å². The van der Waals surface area contributed by atoms with Crippen molar-refractivity contribution in [1.29, 1.82) is 0 Å². The van der Waals surface area contributed by atoms with Crippen molar-refractivity contribution in [1.82, 2.24) is 5.32 Å². The van der Waals surface area contributed by atoms with Crippen LogP contribution in [0.3, 0.4) is 0 Å². The normalized spacial score (nSPS) is 10.6. The quantitative estimate of drug-likeness (QED) is 0.326. The third kappa shape index (κ3) is 6.39. The molecule has 0 heterocycles. The molecular formula is C22H23NO5. The molecule has 1 N–H and O–H groups in total. The molecule has 0 saturated carbocycles. The average Bonchev–Trinajstić information content (AvgIpc) is 2.71. The van der Waals surface area contributed by atoms with E-state index < -0.39 is 11.6 Å². The van der Waals surface area contributed by atoms with Crippen molar-refractivity contribution in [2.75, 3.05) is 13.2 Å². The third-order valence-corrected chi connectivity index (χ3v) is 3.86. The van der Waals surface area contributed by atoms with E-state index in [1.165, 1.54) is 18.2 Å². The minimum atomic E-state index is -0.856. The number of rotatable bonds is 8. The van der Waals surface area contributed by atoms with E-state index in [2.05, 4.69) is 11.9 Å². The highest BCUT2D eigenvalue weighted by Gasteiger charge is 2.22. The Morgan fingerprint density at radius 2 is 1.61 bits per heavy atom. The van der Waals surface area contributed by atoms with Gasteiger partial charge in [-0.3, -0.25) is 9.59 Å². The van der Waals surface area contributed by atoms with Crippen LogP contribution in [0.5, 0.6) is 5.75 Å². The minimum Gasteiger partial charge on any atom is -0.433 e. The van der Waals surface area contributed by atoms with Gasteiger partial charge >= 0.3 is 6.16 Å². The number of amides is 1. The molecule has 0 unspecified atom stereocenters. The van der Waals surface area contributed by atoms with Gasteiger partial charge in [0.1, 0.15) is 12.4 Å². The number of benzene rings is 2. The first-order valence-electron chi connectivity index (χ1n) is 8.75. The summed E-state index contributed by atoms with van der Waals surface area (Å²) < 4.78 is 10.2. The number of nitrogens with one attached hydrogen (secondary N) is 1. The zero-order chi connectivity index (χ0) is 20.6. The summed E-state index contributed by atoms with van der Waals surface area (Å²) in [4.78, 5) is 35.5. The molecule has 0 radical (unpaired) electrons. The van der Waals surface area contributed by atoms with Crippen LogP contribution in [0.15, 0.2) is 67.3 Å². The number of ether oxygens (including phenoxy) is 2. The molecule has 6 heteroatoms. The van der Waals surface area contributed by atoms with Gasteiger partial charge in [0.25, 0.3) is 0 Å². The van der Waals surface area contributed by atoms with Crippen molar-refractivity contribution >= 4 is 17.8 Å². The van der Waals surface area contributed by atoms with Crippen LogP contribution < -0.4 is 10.1 Å². The summed E-state index contributed by atoms with van der Waals surface area (Å²) in [5.41, 5.74) is 0.608. The van der Waals surface area contributed by atoms with E-state index in [0.29, 0.717) is 17.7 Å². The minimum absolute atomic E-state index is 0.0633. The largest absolute Gasteiger partial charge is 0.513 e. The maximum absolute atomic E-state index is 12.4. The lowest BCUT2D eigenvalue weighted by Gasteiger charge is -2.23. The number of hydrogen-bond acceptors (Lipinski definition) is 5. The molecule has 6 nitrogen and oxygen atoms in total. The Balaban J connectivity index is 1.86. The fraction of sp³-hybridized carbons (Fsp3) is 0.227. The molecule has 2 aromatic rings. The maximum Gasteiger partial charge on any atom is 0.513 e. The number of hydrogen-bond donors (Lipinski definition) is 1. The molecule has 0 fully saturated rings. The van der Waals surface area contributed by atoms with Crippen LogP contribution in [0.4, 0.5) is 4.79 Å². The lowest BCUT2D eigenvalue weighted by atomic mass is 9.95. The Hall–Kier alpha value is -3.41. The molecule has 0 aliphatic carbocycles. The Bertz CT molecular complexity index is 841. The molecule has 0 saturated heterocycles. The molecular weight excluding hydrogens is 358 g/mol. The fourth-order valence-corrected chi connectivity index (χ4v) is 2.26. The second-order valence-electron chi connectivity index (χ2n) is 6.95. The number of carbonyl (C=O) groups is 3. The first kappa shape index (κ1) is 20.9. The van der Waals surface area contributed by atoms with Crippen LogP contribution in [-0.2, 0) is 9.53 Å². The molecule has 1 amide bonds. The summed E-state index contributed by atoms with van der Waals surface area (Å²) in [5.74, 6) is -0.133. The molecule has 28 heavy (non-hydrogen) atoms. The Morgan fingerprint density at radius 1 is 1.00 bits per heavy atom. The SMILES string of the molecule is C=CC(=O)NCC(C)(C)COC(=O)Oc1ccc(C(=O)c2ccccc2)cc1. The Morgan fingerprint density at radius 3 is 2.21 bits per heavy atom. The van der Waals surface area contributed by atoms with E-state index in [1.807, 2.05) is 19.9 Å². The first-order chi connectivity index (χ1) is 13.3. The van der Waals surface area contributed by atoms with Crippen LogP contribution >= 0.6 is 0 Å². The summed E-state index contributed by atoms with van der Waals surface area (Å²) in [7, 11) is 0. The topological polar surface area (TPSA) is 81.7 Å². The zero-order valence-corrected chi connectivity index (χ0v) is 15.9. The van der Waals surface area contributed by atoms with Crippen LogP contribution in [0, 0.1) is 5.41 Å². The van der Waals surface area contributed by atoms with Crippen LogP contribution in [0.25, 0.3) is 0 Å². The monoisotopic (exact) mass is 381 g/mol. The smallest absolute Gasteiger partial charge is 0.433 e. The molecule has 0 bridgehead atoms. The van der Waals surface area contributed by atoms with Gasteiger partial charge in [-0.25, -0.2) is 4.79 Å². The summed E-state index contributed by atoms with van der Waals surface area (Å²) in [5, 5.41) is 2.66. The van der Waals surface area contributed by atoms with Gasteiger partial charge in [0.2, 0.25) is 5.91 Å². The summed E-state index contributed by atoms with van der Waals surface area (Å²) >= 11 is 0. The van der Waals surface area contributed by atoms with Gasteiger partial charge in [-0.2, -0.15) is 0 Å². The zero-order valence-electron chi connectivity index (χ0n) is 15.9. The van der Waals surface area contributed by atoms with Crippen LogP contribution in [-0.4, -0.2) is 31.0 Å². The second kappa shape index (κ2) is 9.50. The van der Waals surface area contributed by atoms with Crippen molar-refractivity contribution in [2.24, 2.45) is 5.41 Å². The fourth-order valence-electron chi connectivity index (χ4n) is 2.26. The highest BCUT2D eigenvalue weighted by Crippen LogP contribution is 2.18. The number of ketones is 1. The van der Waals surface area contributed by atoms with Gasteiger partial charge in [0.05, 0.1) is 0 Å². The van der Waals surface area contributed by atoms with Gasteiger partial charge in [0.15, 0.2) is 5.78 Å². The molecule has 146 valence electrons. The van der Waals surface area contributed by atoms with Crippen molar-refractivity contribution in [3.8, 4) is 5.75 Å². The van der Waals surface area contributed by atoms with E-state index in [0.717, 1.165) is 0 Å². The van der Waals surface area contributed by atoms with Crippen molar-refractivity contribution in [3.63, 3.8) is 0 Å². The second-order valence-corrected chi connectivity index (χ2v) is 6.95. The average molecular weight is 381 g/mol. The van der Waals surface area contributed by atoms with E-state index in [4.69, 9.17) is 9.47 Å². The van der Waals surface area contributed by atoms with Crippen LogP contribution in [0.1, 0.15) is 29.8 Å². The number of carbonyl (C=O) groups excluding carboxylic acids is 3. The molecule has 2 rings (SSSR count). The van der Waals surface area contributed by atoms with Gasteiger partial charge in [0, 0.05) is 23.1 Å². The Labute approximate surface area is 164 Å². The van der Waals surface area contributed by atoms with Crippen LogP contribution in [0.2, 0.25) is 0 Å². The van der Waals surface area contributed by atoms with Crippen molar-refractivity contribution < 1.29 is 23.9 Å². The van der Waals surface area contributed by atoms with E-state index in [-0.39, 0.29) is 24.0 Å². The summed E-state index contributed by atoms with van der Waals surface area (Å²) in [6, 6.07) is 15.2. The van der Waals surface area contributed by atoms with Crippen molar-refractivity contribution in [3.05, 3.63) is 78.4 Å². The predicted octanol–water partition coefficient (Wildman–Crippen LogP) is 3.76. The van der Waals surface area contributed by atoms with Crippen molar-refractivity contribution in [2.45, 2.75) is 13.8 Å². The van der Waals surface area contributed by atoms with Gasteiger partial charge in [-0.1, -0.05) is 50.8 Å². The lowest BCUT2D eigenvalue weighted by Crippen LogP contribution is -2.36. The van der Waals surface area contributed by atoms with Gasteiger partial charge in [-0.05, 0) is 30.3 Å². The molecule has 0 atom stereocenters. The third-order valence-electron chi connectivity index (χ3n) is 3.86. The Kier molecular flexibility index (Phi) is 7.09. The summed E-state index contributed by atoms with van der Waals surface area (Å²) in [6.45, 7) is 7.44. The standard InChI is InChI=1S/C22H23NO5/c1-4-19(24)23-14-22(2,3)15-27-21(26)28-18-12-10-17(11-13-18)20(25)16-8-6-5-7-9-16/h4-13H,1,14-15H2,2-3H3,(H,23,24). The molecule has 0 aliphatic heterocycles. The molecule has 2 aromatic carbocycles. The molecule has 0 aromatic heterocycles. The first-order valence-corrected chi connectivity index (χ1v) is 8.75. The van der Waals surface area contributed by atoms with Gasteiger partial charge in [-0.15, -0.1) is 0 Å². The summed E-state index contributed by atoms with van der Waals surface area (Å²) in [6.07, 6.45) is 0.322. The predicted molar refractivity (Wildman–Crippen MR) is 105 cm³/mol. The maximum atomic E-state index is 12.4. The van der Waals surface area contributed by atoms with Gasteiger partial charge < -0.3 is 14.8 Å². The van der Waals surface area contributed by atoms with E-state index in [1.54, 1.807) is 36.4 Å². The molecule has 0 aliphatic rings. The highest BCUT2D eigenvalue weighted by molar-refractivity contribution is 6.09. The van der Waals surface area contributed by atoms with E-state index >= 15 is 0 Å². The lowest BCUT2D eigenvalue weighted by molar-refractivity contribution is -0.117. The highest BCUT2D eigenvalue weighted by atomic mass is 16.7. The molecule has 0 spiro atoms.